The topological polar surface area (TPSA) is 63.2 Å². The molecule has 1 amide bonds. The van der Waals surface area contributed by atoms with Crippen molar-refractivity contribution in [2.24, 2.45) is 4.99 Å². The Kier molecular flexibility index (Phi) is 11.4. The molecule has 0 radical (unpaired) electrons. The van der Waals surface area contributed by atoms with Crippen LogP contribution in [0.2, 0.25) is 0 Å². The highest BCUT2D eigenvalue weighted by molar-refractivity contribution is 14.0. The first-order valence-corrected chi connectivity index (χ1v) is 9.73. The summed E-state index contributed by atoms with van der Waals surface area (Å²) in [6.45, 7) is 10.5. The number of hydrogen-bond donors (Lipinski definition) is 2. The van der Waals surface area contributed by atoms with E-state index >= 15 is 0 Å². The number of likely N-dealkylation sites (N-methyl/N-ethyl adjacent to an activating group) is 1. The highest BCUT2D eigenvalue weighted by Crippen LogP contribution is 2.06. The first-order chi connectivity index (χ1) is 13.0. The molecule has 0 aliphatic carbocycles. The number of piperazine rings is 1. The van der Waals surface area contributed by atoms with Gasteiger partial charge >= 0.3 is 0 Å². The highest BCUT2D eigenvalue weighted by Gasteiger charge is 2.14. The average molecular weight is 502 g/mol. The van der Waals surface area contributed by atoms with Crippen LogP contribution in [-0.2, 0) is 6.54 Å². The van der Waals surface area contributed by atoms with Crippen molar-refractivity contribution in [3.63, 3.8) is 0 Å². The lowest BCUT2D eigenvalue weighted by Crippen LogP contribution is -2.49. The van der Waals surface area contributed by atoms with E-state index < -0.39 is 0 Å². The molecule has 1 fully saturated rings. The third kappa shape index (κ3) is 7.92. The fraction of sp³-hybridized carbons (Fsp3) is 0.600. The quantitative estimate of drug-likeness (QED) is 0.335. The predicted molar refractivity (Wildman–Crippen MR) is 127 cm³/mol. The van der Waals surface area contributed by atoms with Crippen molar-refractivity contribution < 1.29 is 4.79 Å². The van der Waals surface area contributed by atoms with E-state index in [4.69, 9.17) is 0 Å². The van der Waals surface area contributed by atoms with Gasteiger partial charge in [-0.2, -0.15) is 0 Å². The van der Waals surface area contributed by atoms with Gasteiger partial charge in [-0.25, -0.2) is 0 Å². The monoisotopic (exact) mass is 502 g/mol. The minimum absolute atomic E-state index is 0. The summed E-state index contributed by atoms with van der Waals surface area (Å²) in [5.74, 6) is 0.822. The molecule has 28 heavy (non-hydrogen) atoms. The number of aliphatic imine (C=N–C) groups is 1. The van der Waals surface area contributed by atoms with Crippen LogP contribution in [0.15, 0.2) is 29.3 Å². The van der Waals surface area contributed by atoms with Gasteiger partial charge in [0.05, 0.1) is 0 Å². The molecule has 158 valence electrons. The number of benzene rings is 1. The summed E-state index contributed by atoms with van der Waals surface area (Å²) in [7, 11) is 5.31. The van der Waals surface area contributed by atoms with Gasteiger partial charge in [-0.1, -0.05) is 19.1 Å². The van der Waals surface area contributed by atoms with Crippen molar-refractivity contribution in [1.29, 1.82) is 0 Å². The second kappa shape index (κ2) is 12.9. The van der Waals surface area contributed by atoms with Crippen molar-refractivity contribution in [2.75, 3.05) is 67.0 Å². The molecule has 8 heteroatoms. The van der Waals surface area contributed by atoms with Crippen LogP contribution in [0.4, 0.5) is 0 Å². The standard InChI is InChI=1S/C20H34N6O.HI/c1-5-25-12-14-26(15-13-25)11-10-22-20(21-2)23-16-17-6-8-18(9-7-17)19(27)24(3)4;/h6-9H,5,10-16H2,1-4H3,(H2,21,22,23);1H. The van der Waals surface area contributed by atoms with Gasteiger partial charge in [-0.3, -0.25) is 14.7 Å². The van der Waals surface area contributed by atoms with Crippen LogP contribution in [0.3, 0.4) is 0 Å². The van der Waals surface area contributed by atoms with E-state index in [1.165, 1.54) is 0 Å². The summed E-state index contributed by atoms with van der Waals surface area (Å²) in [6.07, 6.45) is 0. The van der Waals surface area contributed by atoms with Crippen LogP contribution >= 0.6 is 24.0 Å². The zero-order valence-corrected chi connectivity index (χ0v) is 19.9. The minimum Gasteiger partial charge on any atom is -0.355 e. The maximum absolute atomic E-state index is 11.9. The van der Waals surface area contributed by atoms with Crippen LogP contribution in [-0.4, -0.2) is 93.5 Å². The summed E-state index contributed by atoms with van der Waals surface area (Å²) in [4.78, 5) is 22.8. The Morgan fingerprint density at radius 2 is 1.68 bits per heavy atom. The smallest absolute Gasteiger partial charge is 0.253 e. The van der Waals surface area contributed by atoms with Crippen LogP contribution < -0.4 is 10.6 Å². The van der Waals surface area contributed by atoms with Crippen LogP contribution in [0.1, 0.15) is 22.8 Å². The number of halogens is 1. The molecule has 1 aromatic rings. The molecule has 0 saturated carbocycles. The molecule has 0 aromatic heterocycles. The van der Waals surface area contributed by atoms with E-state index in [1.807, 2.05) is 24.3 Å². The molecular formula is C20H35IN6O. The third-order valence-electron chi connectivity index (χ3n) is 4.92. The first-order valence-electron chi connectivity index (χ1n) is 9.73. The Bertz CT molecular complexity index is 612. The number of nitrogens with one attached hydrogen (secondary N) is 2. The van der Waals surface area contributed by atoms with Crippen molar-refractivity contribution in [3.05, 3.63) is 35.4 Å². The maximum Gasteiger partial charge on any atom is 0.253 e. The normalized spacial score (nSPS) is 15.6. The molecule has 1 saturated heterocycles. The van der Waals surface area contributed by atoms with Gasteiger partial charge in [0.1, 0.15) is 0 Å². The number of carbonyl (C=O) groups is 1. The maximum atomic E-state index is 11.9. The lowest BCUT2D eigenvalue weighted by Gasteiger charge is -2.34. The highest BCUT2D eigenvalue weighted by atomic mass is 127. The largest absolute Gasteiger partial charge is 0.355 e. The van der Waals surface area contributed by atoms with Crippen LogP contribution in [0.25, 0.3) is 0 Å². The lowest BCUT2D eigenvalue weighted by atomic mass is 10.1. The molecule has 2 N–H and O–H groups in total. The number of amides is 1. The SMILES string of the molecule is CCN1CCN(CCNC(=NC)NCc2ccc(C(=O)N(C)C)cc2)CC1.I. The van der Waals surface area contributed by atoms with E-state index in [-0.39, 0.29) is 29.9 Å². The Hall–Kier alpha value is -1.39. The number of hydrogen-bond acceptors (Lipinski definition) is 4. The first kappa shape index (κ1) is 24.6. The summed E-state index contributed by atoms with van der Waals surface area (Å²) in [5, 5.41) is 6.71. The molecule has 2 rings (SSSR count). The summed E-state index contributed by atoms with van der Waals surface area (Å²) >= 11 is 0. The fourth-order valence-electron chi connectivity index (χ4n) is 3.09. The average Bonchev–Trinajstić information content (AvgIpc) is 2.70. The van der Waals surface area contributed by atoms with Gasteiger partial charge in [0.2, 0.25) is 0 Å². The minimum atomic E-state index is 0. The Balaban J connectivity index is 0.00000392. The van der Waals surface area contributed by atoms with Gasteiger partial charge in [0, 0.05) is 72.5 Å². The molecule has 0 bridgehead atoms. The van der Waals surface area contributed by atoms with E-state index in [0.717, 1.165) is 57.3 Å². The predicted octanol–water partition coefficient (Wildman–Crippen LogP) is 1.31. The Morgan fingerprint density at radius 3 is 2.21 bits per heavy atom. The molecule has 0 unspecified atom stereocenters. The summed E-state index contributed by atoms with van der Waals surface area (Å²) in [6, 6.07) is 7.69. The van der Waals surface area contributed by atoms with Gasteiger partial charge in [-0.05, 0) is 24.2 Å². The number of rotatable bonds is 7. The van der Waals surface area contributed by atoms with Gasteiger partial charge < -0.3 is 20.4 Å². The van der Waals surface area contributed by atoms with E-state index in [2.05, 4.69) is 32.3 Å². The van der Waals surface area contributed by atoms with E-state index in [0.29, 0.717) is 12.1 Å². The molecule has 1 aliphatic heterocycles. The van der Waals surface area contributed by atoms with Crippen molar-refractivity contribution in [3.8, 4) is 0 Å². The number of carbonyl (C=O) groups excluding carboxylic acids is 1. The second-order valence-electron chi connectivity index (χ2n) is 7.02. The number of guanidine groups is 1. The zero-order valence-electron chi connectivity index (χ0n) is 17.6. The van der Waals surface area contributed by atoms with E-state index in [1.54, 1.807) is 26.0 Å². The Labute approximate surface area is 186 Å². The lowest BCUT2D eigenvalue weighted by molar-refractivity contribution is 0.0827. The molecule has 1 aromatic carbocycles. The van der Waals surface area contributed by atoms with Crippen molar-refractivity contribution >= 4 is 35.8 Å². The Morgan fingerprint density at radius 1 is 1.07 bits per heavy atom. The van der Waals surface area contributed by atoms with Gasteiger partial charge in [0.15, 0.2) is 5.96 Å². The van der Waals surface area contributed by atoms with Crippen LogP contribution in [0.5, 0.6) is 0 Å². The number of nitrogens with zero attached hydrogens (tertiary/aromatic N) is 4. The fourth-order valence-corrected chi connectivity index (χ4v) is 3.09. The molecule has 0 atom stereocenters. The molecule has 7 nitrogen and oxygen atoms in total. The molecule has 1 heterocycles. The van der Waals surface area contributed by atoms with Crippen molar-refractivity contribution in [1.82, 2.24) is 25.3 Å². The molecule has 0 spiro atoms. The molecule has 1 aliphatic rings. The molecular weight excluding hydrogens is 467 g/mol. The summed E-state index contributed by atoms with van der Waals surface area (Å²) in [5.41, 5.74) is 1.82. The summed E-state index contributed by atoms with van der Waals surface area (Å²) < 4.78 is 0. The van der Waals surface area contributed by atoms with Crippen molar-refractivity contribution in [2.45, 2.75) is 13.5 Å². The van der Waals surface area contributed by atoms with E-state index in [9.17, 15) is 4.79 Å². The van der Waals surface area contributed by atoms with Gasteiger partial charge in [-0.15, -0.1) is 24.0 Å². The third-order valence-corrected chi connectivity index (χ3v) is 4.92. The second-order valence-corrected chi connectivity index (χ2v) is 7.02. The zero-order chi connectivity index (χ0) is 19.6. The van der Waals surface area contributed by atoms with Gasteiger partial charge in [0.25, 0.3) is 5.91 Å². The van der Waals surface area contributed by atoms with Crippen LogP contribution in [0, 0.1) is 0 Å².